The number of halogens is 1. The van der Waals surface area contributed by atoms with Crippen molar-refractivity contribution in [1.82, 2.24) is 10.2 Å². The van der Waals surface area contributed by atoms with Crippen molar-refractivity contribution in [2.75, 3.05) is 10.8 Å². The van der Waals surface area contributed by atoms with E-state index in [9.17, 15) is 22.4 Å². The molecule has 38 heavy (non-hydrogen) atoms. The lowest BCUT2D eigenvalue weighted by atomic mass is 10.1. The third-order valence-electron chi connectivity index (χ3n) is 6.02. The number of benzene rings is 3. The fraction of sp³-hybridized carbons (Fsp3) is 0.310. The van der Waals surface area contributed by atoms with Crippen molar-refractivity contribution in [2.45, 2.75) is 57.6 Å². The number of para-hydroxylation sites is 1. The van der Waals surface area contributed by atoms with Gasteiger partial charge in [-0.3, -0.25) is 13.9 Å². The van der Waals surface area contributed by atoms with Gasteiger partial charge in [0.05, 0.1) is 10.6 Å². The van der Waals surface area contributed by atoms with Gasteiger partial charge in [0.1, 0.15) is 18.4 Å². The van der Waals surface area contributed by atoms with Gasteiger partial charge in [0.15, 0.2) is 0 Å². The lowest BCUT2D eigenvalue weighted by Crippen LogP contribution is -2.53. The molecule has 0 aliphatic heterocycles. The van der Waals surface area contributed by atoms with Gasteiger partial charge in [-0.2, -0.15) is 0 Å². The molecule has 0 saturated heterocycles. The fourth-order valence-electron chi connectivity index (χ4n) is 4.05. The summed E-state index contributed by atoms with van der Waals surface area (Å²) in [6.45, 7) is 6.77. The lowest BCUT2D eigenvalue weighted by Gasteiger charge is -2.33. The highest BCUT2D eigenvalue weighted by molar-refractivity contribution is 7.92. The van der Waals surface area contributed by atoms with Crippen LogP contribution in [-0.2, 0) is 26.2 Å². The normalized spacial score (nSPS) is 12.2. The molecule has 3 rings (SSSR count). The van der Waals surface area contributed by atoms with E-state index in [1.165, 1.54) is 29.2 Å². The summed E-state index contributed by atoms with van der Waals surface area (Å²) in [6.07, 6.45) is 0.307. The van der Waals surface area contributed by atoms with Gasteiger partial charge in [-0.25, -0.2) is 12.8 Å². The maximum atomic E-state index is 13.9. The number of aryl methyl sites for hydroxylation is 1. The van der Waals surface area contributed by atoms with Crippen LogP contribution in [0.1, 0.15) is 38.3 Å². The van der Waals surface area contributed by atoms with Crippen LogP contribution in [0.2, 0.25) is 0 Å². The number of rotatable bonds is 11. The second kappa shape index (κ2) is 12.7. The van der Waals surface area contributed by atoms with Crippen molar-refractivity contribution in [2.24, 2.45) is 0 Å². The minimum absolute atomic E-state index is 0.0103. The van der Waals surface area contributed by atoms with Crippen LogP contribution in [0.15, 0.2) is 83.8 Å². The van der Waals surface area contributed by atoms with Crippen molar-refractivity contribution >= 4 is 27.5 Å². The molecule has 0 aliphatic carbocycles. The number of hydrogen-bond donors (Lipinski definition) is 1. The van der Waals surface area contributed by atoms with E-state index in [4.69, 9.17) is 0 Å². The Morgan fingerprint density at radius 3 is 2.08 bits per heavy atom. The molecule has 0 saturated carbocycles. The molecule has 0 radical (unpaired) electrons. The second-order valence-corrected chi connectivity index (χ2v) is 11.3. The molecule has 0 bridgehead atoms. The number of amides is 2. The number of hydrogen-bond acceptors (Lipinski definition) is 4. The van der Waals surface area contributed by atoms with Gasteiger partial charge in [0.2, 0.25) is 11.8 Å². The van der Waals surface area contributed by atoms with Crippen LogP contribution in [0.4, 0.5) is 10.1 Å². The van der Waals surface area contributed by atoms with Gasteiger partial charge in [-0.05, 0) is 69.2 Å². The van der Waals surface area contributed by atoms with Crippen LogP contribution in [0.25, 0.3) is 0 Å². The van der Waals surface area contributed by atoms with Crippen molar-refractivity contribution in [1.29, 1.82) is 0 Å². The van der Waals surface area contributed by atoms with Crippen LogP contribution in [0.3, 0.4) is 0 Å². The summed E-state index contributed by atoms with van der Waals surface area (Å²) < 4.78 is 42.1. The fourth-order valence-corrected chi connectivity index (χ4v) is 5.46. The number of nitrogens with zero attached hydrogens (tertiary/aromatic N) is 2. The number of nitrogens with one attached hydrogen (secondary N) is 1. The van der Waals surface area contributed by atoms with E-state index in [1.54, 1.807) is 61.5 Å². The number of anilines is 1. The number of carbonyl (C=O) groups is 2. The monoisotopic (exact) mass is 539 g/mol. The van der Waals surface area contributed by atoms with E-state index in [0.29, 0.717) is 17.7 Å². The Hall–Kier alpha value is -3.72. The van der Waals surface area contributed by atoms with Crippen LogP contribution in [-0.4, -0.2) is 43.8 Å². The maximum absolute atomic E-state index is 13.9. The number of carbonyl (C=O) groups excluding carboxylic acids is 2. The van der Waals surface area contributed by atoms with Gasteiger partial charge >= 0.3 is 0 Å². The summed E-state index contributed by atoms with van der Waals surface area (Å²) >= 11 is 0. The van der Waals surface area contributed by atoms with E-state index < -0.39 is 34.3 Å². The van der Waals surface area contributed by atoms with E-state index in [0.717, 1.165) is 9.87 Å². The van der Waals surface area contributed by atoms with Crippen LogP contribution >= 0.6 is 0 Å². The number of sulfonamides is 1. The molecule has 0 heterocycles. The van der Waals surface area contributed by atoms with Gasteiger partial charge < -0.3 is 10.2 Å². The Bertz CT molecular complexity index is 1330. The predicted octanol–water partition coefficient (Wildman–Crippen LogP) is 4.66. The Labute approximate surface area is 224 Å². The molecular formula is C29H34FN3O4S. The molecule has 2 amide bonds. The van der Waals surface area contributed by atoms with Crippen LogP contribution in [0, 0.1) is 12.7 Å². The Balaban J connectivity index is 2.03. The van der Waals surface area contributed by atoms with Gasteiger partial charge in [-0.15, -0.1) is 0 Å². The molecule has 202 valence electrons. The van der Waals surface area contributed by atoms with E-state index >= 15 is 0 Å². The Morgan fingerprint density at radius 1 is 0.921 bits per heavy atom. The average Bonchev–Trinajstić information content (AvgIpc) is 2.88. The highest BCUT2D eigenvalue weighted by Gasteiger charge is 2.33. The second-order valence-electron chi connectivity index (χ2n) is 9.40. The summed E-state index contributed by atoms with van der Waals surface area (Å²) in [5.74, 6) is -1.32. The van der Waals surface area contributed by atoms with Gasteiger partial charge in [0, 0.05) is 12.6 Å². The molecule has 3 aromatic carbocycles. The zero-order chi connectivity index (χ0) is 27.9. The quantitative estimate of drug-likeness (QED) is 0.384. The topological polar surface area (TPSA) is 86.8 Å². The zero-order valence-electron chi connectivity index (χ0n) is 22.1. The van der Waals surface area contributed by atoms with Gasteiger partial charge in [0.25, 0.3) is 10.0 Å². The molecule has 0 fully saturated rings. The van der Waals surface area contributed by atoms with E-state index in [2.05, 4.69) is 5.32 Å². The molecule has 0 unspecified atom stereocenters. The lowest BCUT2D eigenvalue weighted by molar-refractivity contribution is -0.140. The van der Waals surface area contributed by atoms with E-state index in [1.807, 2.05) is 20.8 Å². The molecule has 1 N–H and O–H groups in total. The minimum Gasteiger partial charge on any atom is -0.352 e. The Kier molecular flexibility index (Phi) is 9.63. The van der Waals surface area contributed by atoms with Crippen molar-refractivity contribution in [3.05, 3.63) is 95.8 Å². The zero-order valence-corrected chi connectivity index (χ0v) is 22.9. The largest absolute Gasteiger partial charge is 0.352 e. The molecule has 9 heteroatoms. The summed E-state index contributed by atoms with van der Waals surface area (Å²) in [5, 5.41) is 2.85. The molecule has 0 spiro atoms. The first-order valence-corrected chi connectivity index (χ1v) is 14.0. The highest BCUT2D eigenvalue weighted by atomic mass is 32.2. The first-order valence-electron chi connectivity index (χ1n) is 12.5. The molecule has 0 aliphatic rings. The highest BCUT2D eigenvalue weighted by Crippen LogP contribution is 2.25. The molecule has 3 aromatic rings. The smallest absolute Gasteiger partial charge is 0.264 e. The summed E-state index contributed by atoms with van der Waals surface area (Å²) in [5.41, 5.74) is 1.84. The predicted molar refractivity (Wildman–Crippen MR) is 146 cm³/mol. The third kappa shape index (κ3) is 7.19. The van der Waals surface area contributed by atoms with Crippen LogP contribution < -0.4 is 9.62 Å². The van der Waals surface area contributed by atoms with Crippen molar-refractivity contribution in [3.8, 4) is 0 Å². The molecule has 1 atom stereocenters. The standard InChI is InChI=1S/C29H34FN3O4S/c1-5-27(29(35)31-21(2)3)32(19-23-13-15-24(30)16-14-23)28(34)20-33(25-9-7-6-8-10-25)38(36,37)26-17-11-22(4)12-18-26/h6-18,21,27H,5,19-20H2,1-4H3,(H,31,35)/t27-/m0/s1. The molecule has 7 nitrogen and oxygen atoms in total. The summed E-state index contributed by atoms with van der Waals surface area (Å²) in [7, 11) is -4.11. The maximum Gasteiger partial charge on any atom is 0.264 e. The summed E-state index contributed by atoms with van der Waals surface area (Å²) in [6, 6.07) is 19.4. The summed E-state index contributed by atoms with van der Waals surface area (Å²) in [4.78, 5) is 28.4. The first kappa shape index (κ1) is 28.8. The molecular weight excluding hydrogens is 505 g/mol. The van der Waals surface area contributed by atoms with Crippen molar-refractivity contribution < 1.29 is 22.4 Å². The van der Waals surface area contributed by atoms with E-state index in [-0.39, 0.29) is 23.4 Å². The molecule has 0 aromatic heterocycles. The SMILES string of the molecule is CC[C@@H](C(=O)NC(C)C)N(Cc1ccc(F)cc1)C(=O)CN(c1ccccc1)S(=O)(=O)c1ccc(C)cc1. The minimum atomic E-state index is -4.11. The Morgan fingerprint density at radius 2 is 1.53 bits per heavy atom. The van der Waals surface area contributed by atoms with Crippen molar-refractivity contribution in [3.63, 3.8) is 0 Å². The van der Waals surface area contributed by atoms with Gasteiger partial charge in [-0.1, -0.05) is 55.0 Å². The third-order valence-corrected chi connectivity index (χ3v) is 7.80. The average molecular weight is 540 g/mol. The van der Waals surface area contributed by atoms with Crippen LogP contribution in [0.5, 0.6) is 0 Å². The first-order chi connectivity index (χ1) is 18.0.